The maximum absolute atomic E-state index is 6.37. The summed E-state index contributed by atoms with van der Waals surface area (Å²) in [6.07, 6.45) is 1.16. The molecule has 0 aliphatic carbocycles. The van der Waals surface area contributed by atoms with Gasteiger partial charge in [-0.15, -0.1) is 0 Å². The highest BCUT2D eigenvalue weighted by Gasteiger charge is 2.41. The van der Waals surface area contributed by atoms with E-state index in [1.807, 2.05) is 0 Å². The first kappa shape index (κ1) is 18.0. The van der Waals surface area contributed by atoms with Crippen molar-refractivity contribution in [2.45, 2.75) is 80.1 Å². The summed E-state index contributed by atoms with van der Waals surface area (Å²) in [6.45, 7) is 20.2. The molecule has 0 aliphatic heterocycles. The Morgan fingerprint density at radius 2 is 1.33 bits per heavy atom. The van der Waals surface area contributed by atoms with Gasteiger partial charge < -0.3 is 5.73 Å². The second kappa shape index (κ2) is 5.57. The largest absolute Gasteiger partial charge is 0.328 e. The van der Waals surface area contributed by atoms with Crippen LogP contribution in [0.5, 0.6) is 0 Å². The van der Waals surface area contributed by atoms with Gasteiger partial charge in [0.05, 0.1) is 7.85 Å². The zero-order valence-corrected chi connectivity index (χ0v) is 14.1. The second-order valence-electron chi connectivity index (χ2n) is 8.62. The highest BCUT2D eigenvalue weighted by Crippen LogP contribution is 2.49. The van der Waals surface area contributed by atoms with Gasteiger partial charge in [-0.05, 0) is 36.0 Å². The van der Waals surface area contributed by atoms with Gasteiger partial charge in [0.25, 0.3) is 0 Å². The molecule has 106 valence electrons. The molecule has 0 aromatic heterocycles. The molecule has 0 saturated heterocycles. The van der Waals surface area contributed by atoms with Crippen LogP contribution in [0.2, 0.25) is 5.31 Å². The molecule has 18 heavy (non-hydrogen) atoms. The molecule has 0 aliphatic rings. The molecule has 1 nitrogen and oxygen atoms in total. The van der Waals surface area contributed by atoms with Gasteiger partial charge in [-0.3, -0.25) is 0 Å². The Labute approximate surface area is 117 Å². The fourth-order valence-electron chi connectivity index (χ4n) is 3.62. The summed E-state index contributed by atoms with van der Waals surface area (Å²) in [5, 5.41) is -0.241. The van der Waals surface area contributed by atoms with Crippen LogP contribution in [0.1, 0.15) is 68.7 Å². The van der Waals surface area contributed by atoms with Crippen LogP contribution in [-0.4, -0.2) is 13.9 Å². The molecule has 2 heteroatoms. The van der Waals surface area contributed by atoms with E-state index >= 15 is 0 Å². The van der Waals surface area contributed by atoms with Gasteiger partial charge in [-0.2, -0.15) is 0 Å². The first-order chi connectivity index (χ1) is 7.69. The number of hydrogen-bond acceptors (Lipinski definition) is 1. The summed E-state index contributed by atoms with van der Waals surface area (Å²) in [7, 11) is 6.37. The molecule has 0 rings (SSSR count). The van der Waals surface area contributed by atoms with E-state index in [4.69, 9.17) is 13.6 Å². The summed E-state index contributed by atoms with van der Waals surface area (Å²) < 4.78 is 0. The summed E-state index contributed by atoms with van der Waals surface area (Å²) in [5.74, 6) is 0.964. The molecule has 2 radical (unpaired) electrons. The average Bonchev–Trinajstić information content (AvgIpc) is 1.94. The highest BCUT2D eigenvalue weighted by atomic mass is 14.7. The van der Waals surface area contributed by atoms with E-state index in [9.17, 15) is 0 Å². The van der Waals surface area contributed by atoms with Gasteiger partial charge in [0.1, 0.15) is 0 Å². The summed E-state index contributed by atoms with van der Waals surface area (Å²) in [6, 6.07) is 0.118. The molecular formula is C16H34BN. The lowest BCUT2D eigenvalue weighted by Gasteiger charge is -2.48. The SMILES string of the molecule is [B]C(C)(C)C(C(C)N)C(C)(C)CC(C)C(C)(C)C. The summed E-state index contributed by atoms with van der Waals surface area (Å²) in [4.78, 5) is 0. The molecule has 3 atom stereocenters. The van der Waals surface area contributed by atoms with Crippen LogP contribution in [0.3, 0.4) is 0 Å². The Morgan fingerprint density at radius 1 is 0.944 bits per heavy atom. The Hall–Kier alpha value is 0.0249. The van der Waals surface area contributed by atoms with E-state index in [-0.39, 0.29) is 16.8 Å². The quantitative estimate of drug-likeness (QED) is 0.719. The predicted octanol–water partition coefficient (Wildman–Crippen LogP) is 4.42. The summed E-state index contributed by atoms with van der Waals surface area (Å²) >= 11 is 0. The van der Waals surface area contributed by atoms with Crippen molar-refractivity contribution in [1.29, 1.82) is 0 Å². The number of hydrogen-bond donors (Lipinski definition) is 1. The maximum Gasteiger partial charge on any atom is 0.0743 e. The maximum atomic E-state index is 6.37. The number of nitrogens with two attached hydrogens (primary N) is 1. The zero-order chi connectivity index (χ0) is 14.9. The monoisotopic (exact) mass is 251 g/mol. The normalized spacial score (nSPS) is 19.4. The van der Waals surface area contributed by atoms with Gasteiger partial charge in [0.2, 0.25) is 0 Å². The third-order valence-electron chi connectivity index (χ3n) is 4.48. The van der Waals surface area contributed by atoms with Gasteiger partial charge in [-0.1, -0.05) is 60.7 Å². The van der Waals surface area contributed by atoms with E-state index in [2.05, 4.69) is 62.3 Å². The van der Waals surface area contributed by atoms with Crippen LogP contribution >= 0.6 is 0 Å². The molecule has 0 saturated carbocycles. The van der Waals surface area contributed by atoms with Crippen LogP contribution in [0, 0.1) is 22.7 Å². The Bertz CT molecular complexity index is 255. The van der Waals surface area contributed by atoms with Crippen LogP contribution in [0.15, 0.2) is 0 Å². The zero-order valence-electron chi connectivity index (χ0n) is 14.1. The van der Waals surface area contributed by atoms with Crippen molar-refractivity contribution in [3.63, 3.8) is 0 Å². The third-order valence-corrected chi connectivity index (χ3v) is 4.48. The topological polar surface area (TPSA) is 26.0 Å². The minimum Gasteiger partial charge on any atom is -0.328 e. The van der Waals surface area contributed by atoms with Crippen molar-refractivity contribution in [2.24, 2.45) is 28.4 Å². The van der Waals surface area contributed by atoms with E-state index in [0.29, 0.717) is 17.3 Å². The van der Waals surface area contributed by atoms with Gasteiger partial charge in [-0.25, -0.2) is 0 Å². The van der Waals surface area contributed by atoms with E-state index in [0.717, 1.165) is 6.42 Å². The highest BCUT2D eigenvalue weighted by molar-refractivity contribution is 6.14. The molecule has 0 fully saturated rings. The molecule has 0 aromatic carbocycles. The van der Waals surface area contributed by atoms with Crippen LogP contribution < -0.4 is 5.73 Å². The van der Waals surface area contributed by atoms with Crippen molar-refractivity contribution in [3.05, 3.63) is 0 Å². The molecule has 2 N–H and O–H groups in total. The molecule has 0 spiro atoms. The van der Waals surface area contributed by atoms with Crippen molar-refractivity contribution < 1.29 is 0 Å². The summed E-state index contributed by atoms with van der Waals surface area (Å²) in [5.41, 5.74) is 6.70. The molecule has 0 amide bonds. The number of rotatable bonds is 5. The minimum atomic E-state index is -0.241. The molecule has 3 unspecified atom stereocenters. The van der Waals surface area contributed by atoms with E-state index in [1.165, 1.54) is 0 Å². The van der Waals surface area contributed by atoms with Gasteiger partial charge in [0.15, 0.2) is 0 Å². The van der Waals surface area contributed by atoms with Crippen LogP contribution in [-0.2, 0) is 0 Å². The first-order valence-electron chi connectivity index (χ1n) is 7.24. The fraction of sp³-hybridized carbons (Fsp3) is 1.00. The second-order valence-corrected chi connectivity index (χ2v) is 8.62. The predicted molar refractivity (Wildman–Crippen MR) is 84.0 cm³/mol. The lowest BCUT2D eigenvalue weighted by atomic mass is 9.51. The van der Waals surface area contributed by atoms with Crippen molar-refractivity contribution >= 4 is 7.85 Å². The van der Waals surface area contributed by atoms with Gasteiger partial charge >= 0.3 is 0 Å². The lowest BCUT2D eigenvalue weighted by Crippen LogP contribution is -2.45. The Balaban J connectivity index is 5.10. The molecule has 0 aromatic rings. The standard InChI is InChI=1S/C16H34BN/c1-11(14(3,4)5)10-15(6,7)13(12(2)18)16(8,9)17/h11-13H,10,18H2,1-9H3. The average molecular weight is 251 g/mol. The van der Waals surface area contributed by atoms with E-state index < -0.39 is 0 Å². The lowest BCUT2D eigenvalue weighted by molar-refractivity contribution is 0.0793. The first-order valence-corrected chi connectivity index (χ1v) is 7.24. The van der Waals surface area contributed by atoms with Crippen molar-refractivity contribution in [3.8, 4) is 0 Å². The van der Waals surface area contributed by atoms with Crippen molar-refractivity contribution in [1.82, 2.24) is 0 Å². The van der Waals surface area contributed by atoms with Crippen LogP contribution in [0.4, 0.5) is 0 Å². The molecular weight excluding hydrogens is 217 g/mol. The minimum absolute atomic E-state index is 0.118. The van der Waals surface area contributed by atoms with Crippen LogP contribution in [0.25, 0.3) is 0 Å². The molecule has 0 heterocycles. The smallest absolute Gasteiger partial charge is 0.0743 e. The Morgan fingerprint density at radius 3 is 1.56 bits per heavy atom. The molecule has 0 bridgehead atoms. The van der Waals surface area contributed by atoms with E-state index in [1.54, 1.807) is 0 Å². The fourth-order valence-corrected chi connectivity index (χ4v) is 3.62. The van der Waals surface area contributed by atoms with Gasteiger partial charge in [0, 0.05) is 6.04 Å². The third kappa shape index (κ3) is 4.95. The van der Waals surface area contributed by atoms with Crippen molar-refractivity contribution in [2.75, 3.05) is 0 Å². The Kier molecular flexibility index (Phi) is 5.57.